The van der Waals surface area contributed by atoms with E-state index in [0.717, 1.165) is 0 Å². The zero-order valence-corrected chi connectivity index (χ0v) is 10.1. The number of likely N-dealkylation sites (tertiary alicyclic amines) is 1. The highest BCUT2D eigenvalue weighted by Gasteiger charge is 2.34. The van der Waals surface area contributed by atoms with Gasteiger partial charge in [0.2, 0.25) is 0 Å². The van der Waals surface area contributed by atoms with Gasteiger partial charge in [0, 0.05) is 12.1 Å². The molecule has 6 nitrogen and oxygen atoms in total. The Morgan fingerprint density at radius 2 is 1.84 bits per heavy atom. The van der Waals surface area contributed by atoms with Crippen molar-refractivity contribution in [3.63, 3.8) is 0 Å². The molecule has 1 aliphatic heterocycles. The summed E-state index contributed by atoms with van der Waals surface area (Å²) in [6, 6.07) is 4.80. The molecule has 0 radical (unpaired) electrons. The van der Waals surface area contributed by atoms with Crippen LogP contribution in [0, 0.1) is 0 Å². The van der Waals surface area contributed by atoms with Gasteiger partial charge in [-0.25, -0.2) is 9.59 Å². The largest absolute Gasteiger partial charge is 0.480 e. The van der Waals surface area contributed by atoms with E-state index in [1.54, 1.807) is 0 Å². The molecule has 2 N–H and O–H groups in total. The first kappa shape index (κ1) is 13.1. The Hall–Kier alpha value is -2.37. The van der Waals surface area contributed by atoms with Crippen molar-refractivity contribution in [1.29, 1.82) is 0 Å². The summed E-state index contributed by atoms with van der Waals surface area (Å²) in [5.41, 5.74) is 0.213. The van der Waals surface area contributed by atoms with E-state index in [-0.39, 0.29) is 11.1 Å². The maximum atomic E-state index is 12.2. The van der Waals surface area contributed by atoms with Gasteiger partial charge < -0.3 is 15.1 Å². The second kappa shape index (κ2) is 5.09. The standard InChI is InChI=1S/C13H13NO5/c15-11(14-6-2-5-10(14)13(18)19)8-3-1-4-9(7-8)12(16)17/h1,3-4,7,10H,2,5-6H2,(H,16,17)(H,18,19). The summed E-state index contributed by atoms with van der Waals surface area (Å²) in [4.78, 5) is 35.4. The molecule has 1 aromatic rings. The molecule has 0 spiro atoms. The smallest absolute Gasteiger partial charge is 0.335 e. The molecule has 19 heavy (non-hydrogen) atoms. The summed E-state index contributed by atoms with van der Waals surface area (Å²) >= 11 is 0. The van der Waals surface area contributed by atoms with Crippen LogP contribution in [0.2, 0.25) is 0 Å². The molecule has 0 aliphatic carbocycles. The van der Waals surface area contributed by atoms with Gasteiger partial charge in [-0.1, -0.05) is 6.07 Å². The predicted molar refractivity (Wildman–Crippen MR) is 65.1 cm³/mol. The first-order valence-corrected chi connectivity index (χ1v) is 5.88. The highest BCUT2D eigenvalue weighted by Crippen LogP contribution is 2.20. The van der Waals surface area contributed by atoms with Crippen LogP contribution < -0.4 is 0 Å². The Labute approximate surface area is 109 Å². The van der Waals surface area contributed by atoms with E-state index in [1.165, 1.54) is 29.2 Å². The number of carboxylic acid groups (broad SMARTS) is 2. The van der Waals surface area contributed by atoms with Gasteiger partial charge in [0.1, 0.15) is 6.04 Å². The topological polar surface area (TPSA) is 94.9 Å². The van der Waals surface area contributed by atoms with Crippen LogP contribution in [-0.2, 0) is 4.79 Å². The van der Waals surface area contributed by atoms with Gasteiger partial charge in [-0.15, -0.1) is 0 Å². The molecule has 0 bridgehead atoms. The van der Waals surface area contributed by atoms with Gasteiger partial charge in [-0.3, -0.25) is 4.79 Å². The van der Waals surface area contributed by atoms with Gasteiger partial charge >= 0.3 is 11.9 Å². The molecule has 1 unspecified atom stereocenters. The zero-order chi connectivity index (χ0) is 14.0. The Bertz CT molecular complexity index is 540. The zero-order valence-electron chi connectivity index (χ0n) is 10.1. The maximum absolute atomic E-state index is 12.2. The molecule has 1 atom stereocenters. The lowest BCUT2D eigenvalue weighted by molar-refractivity contribution is -0.141. The molecule has 1 aromatic carbocycles. The van der Waals surface area contributed by atoms with E-state index < -0.39 is 23.9 Å². The third-order valence-corrected chi connectivity index (χ3v) is 3.16. The average molecular weight is 263 g/mol. The summed E-state index contributed by atoms with van der Waals surface area (Å²) in [5, 5.41) is 17.9. The number of hydrogen-bond acceptors (Lipinski definition) is 3. The molecule has 1 aliphatic rings. The molecule has 1 saturated heterocycles. The number of amides is 1. The number of carbonyl (C=O) groups excluding carboxylic acids is 1. The summed E-state index contributed by atoms with van der Waals surface area (Å²) in [7, 11) is 0. The van der Waals surface area contributed by atoms with Crippen molar-refractivity contribution in [2.45, 2.75) is 18.9 Å². The molecular weight excluding hydrogens is 250 g/mol. The van der Waals surface area contributed by atoms with Crippen LogP contribution in [0.1, 0.15) is 33.6 Å². The highest BCUT2D eigenvalue weighted by molar-refractivity contribution is 5.99. The van der Waals surface area contributed by atoms with Crippen molar-refractivity contribution in [2.24, 2.45) is 0 Å². The van der Waals surface area contributed by atoms with Crippen LogP contribution in [0.25, 0.3) is 0 Å². The van der Waals surface area contributed by atoms with Gasteiger partial charge in [0.15, 0.2) is 0 Å². The van der Waals surface area contributed by atoms with Crippen molar-refractivity contribution in [3.05, 3.63) is 35.4 Å². The molecule has 0 aromatic heterocycles. The minimum Gasteiger partial charge on any atom is -0.480 e. The second-order valence-corrected chi connectivity index (χ2v) is 4.38. The molecule has 1 fully saturated rings. The van der Waals surface area contributed by atoms with Gasteiger partial charge in [-0.2, -0.15) is 0 Å². The summed E-state index contributed by atoms with van der Waals surface area (Å²) in [6.07, 6.45) is 1.07. The van der Waals surface area contributed by atoms with Crippen LogP contribution in [0.5, 0.6) is 0 Å². The minimum atomic E-state index is -1.12. The summed E-state index contributed by atoms with van der Waals surface area (Å²) in [6.45, 7) is 0.382. The number of carboxylic acids is 2. The number of hydrogen-bond donors (Lipinski definition) is 2. The Kier molecular flexibility index (Phi) is 3.50. The van der Waals surface area contributed by atoms with Crippen LogP contribution in [0.4, 0.5) is 0 Å². The number of carbonyl (C=O) groups is 3. The Morgan fingerprint density at radius 3 is 2.47 bits per heavy atom. The van der Waals surface area contributed by atoms with Crippen molar-refractivity contribution < 1.29 is 24.6 Å². The first-order valence-electron chi connectivity index (χ1n) is 5.88. The fourth-order valence-electron chi connectivity index (χ4n) is 2.22. The van der Waals surface area contributed by atoms with E-state index in [0.29, 0.717) is 19.4 Å². The average Bonchev–Trinajstić information content (AvgIpc) is 2.87. The van der Waals surface area contributed by atoms with Crippen LogP contribution in [0.3, 0.4) is 0 Å². The Balaban J connectivity index is 2.26. The van der Waals surface area contributed by atoms with Crippen LogP contribution >= 0.6 is 0 Å². The number of aliphatic carboxylic acids is 1. The molecule has 1 amide bonds. The lowest BCUT2D eigenvalue weighted by atomic mass is 10.1. The molecule has 6 heteroatoms. The summed E-state index contributed by atoms with van der Waals surface area (Å²) in [5.74, 6) is -2.58. The van der Waals surface area contributed by atoms with E-state index in [2.05, 4.69) is 0 Å². The van der Waals surface area contributed by atoms with Crippen molar-refractivity contribution >= 4 is 17.8 Å². The number of aromatic carboxylic acids is 1. The Morgan fingerprint density at radius 1 is 1.16 bits per heavy atom. The van der Waals surface area contributed by atoms with Crippen LogP contribution in [-0.4, -0.2) is 45.5 Å². The van der Waals surface area contributed by atoms with Gasteiger partial charge in [-0.05, 0) is 31.0 Å². The van der Waals surface area contributed by atoms with Crippen molar-refractivity contribution in [3.8, 4) is 0 Å². The highest BCUT2D eigenvalue weighted by atomic mass is 16.4. The third kappa shape index (κ3) is 2.57. The van der Waals surface area contributed by atoms with Crippen LogP contribution in [0.15, 0.2) is 24.3 Å². The monoisotopic (exact) mass is 263 g/mol. The van der Waals surface area contributed by atoms with E-state index in [1.807, 2.05) is 0 Å². The normalized spacial score (nSPS) is 18.3. The third-order valence-electron chi connectivity index (χ3n) is 3.16. The number of rotatable bonds is 3. The van der Waals surface area contributed by atoms with Gasteiger partial charge in [0.25, 0.3) is 5.91 Å². The number of benzene rings is 1. The quantitative estimate of drug-likeness (QED) is 0.850. The molecule has 1 heterocycles. The number of nitrogens with zero attached hydrogens (tertiary/aromatic N) is 1. The van der Waals surface area contributed by atoms with Crippen molar-refractivity contribution in [1.82, 2.24) is 4.90 Å². The lowest BCUT2D eigenvalue weighted by Gasteiger charge is -2.21. The van der Waals surface area contributed by atoms with Gasteiger partial charge in [0.05, 0.1) is 5.56 Å². The molecule has 2 rings (SSSR count). The van der Waals surface area contributed by atoms with E-state index >= 15 is 0 Å². The first-order chi connectivity index (χ1) is 9.00. The SMILES string of the molecule is O=C(O)c1cccc(C(=O)N2CCCC2C(=O)O)c1. The fraction of sp³-hybridized carbons (Fsp3) is 0.308. The molecule has 0 saturated carbocycles. The second-order valence-electron chi connectivity index (χ2n) is 4.38. The summed E-state index contributed by atoms with van der Waals surface area (Å²) < 4.78 is 0. The van der Waals surface area contributed by atoms with Crippen molar-refractivity contribution in [2.75, 3.05) is 6.54 Å². The fourth-order valence-corrected chi connectivity index (χ4v) is 2.22. The van der Waals surface area contributed by atoms with E-state index in [4.69, 9.17) is 10.2 Å². The predicted octanol–water partition coefficient (Wildman–Crippen LogP) is 1.07. The maximum Gasteiger partial charge on any atom is 0.335 e. The minimum absolute atomic E-state index is 0.0110. The van der Waals surface area contributed by atoms with E-state index in [9.17, 15) is 14.4 Å². The lowest BCUT2D eigenvalue weighted by Crippen LogP contribution is -2.40. The molecular formula is C13H13NO5. The molecule has 100 valence electrons.